The molecule has 0 bridgehead atoms. The number of thiophene rings is 1. The summed E-state index contributed by atoms with van der Waals surface area (Å²) in [6.07, 6.45) is 1.45. The minimum Gasteiger partial charge on any atom is -0.488 e. The molecule has 1 N–H and O–H groups in total. The molecule has 0 atom stereocenters. The van der Waals surface area contributed by atoms with Gasteiger partial charge in [0.25, 0.3) is 5.91 Å². The number of benzene rings is 3. The lowest BCUT2D eigenvalue weighted by molar-refractivity contribution is -0.112. The number of rotatable bonds is 8. The molecule has 192 valence electrons. The molecular weight excluding hydrogens is 503 g/mol. The lowest BCUT2D eigenvalue weighted by Crippen LogP contribution is -2.16. The summed E-state index contributed by atoms with van der Waals surface area (Å²) in [4.78, 5) is 26.6. The van der Waals surface area contributed by atoms with Crippen LogP contribution in [0.3, 0.4) is 0 Å². The Labute approximate surface area is 223 Å². The number of hydrogen-bond acceptors (Lipinski definition) is 6. The molecule has 0 spiro atoms. The molecule has 8 heteroatoms. The van der Waals surface area contributed by atoms with Crippen molar-refractivity contribution in [2.75, 3.05) is 11.9 Å². The summed E-state index contributed by atoms with van der Waals surface area (Å²) in [5.41, 5.74) is 1.69. The van der Waals surface area contributed by atoms with Gasteiger partial charge in [-0.25, -0.2) is 9.18 Å². The fourth-order valence-electron chi connectivity index (χ4n) is 3.95. The predicted molar refractivity (Wildman–Crippen MR) is 147 cm³/mol. The highest BCUT2D eigenvalue weighted by Crippen LogP contribution is 2.34. The van der Waals surface area contributed by atoms with E-state index in [-0.39, 0.29) is 30.2 Å². The van der Waals surface area contributed by atoms with E-state index in [9.17, 15) is 19.2 Å². The Bertz CT molecular complexity index is 1600. The number of amides is 1. The monoisotopic (exact) mass is 528 g/mol. The first kappa shape index (κ1) is 26.6. The summed E-state index contributed by atoms with van der Waals surface area (Å²) < 4.78 is 25.3. The second-order valence-corrected chi connectivity index (χ2v) is 9.64. The number of nitriles is 1. The fraction of sp³-hybridized carbons (Fsp3) is 0.167. The number of anilines is 1. The normalized spacial score (nSPS) is 11.2. The molecule has 0 saturated carbocycles. The molecule has 3 aromatic carbocycles. The van der Waals surface area contributed by atoms with Crippen LogP contribution in [0.4, 0.5) is 9.39 Å². The standard InChI is InChI=1S/C30H25FN2O4S/c1-4-36-30(35)27-18(2)19(3)38-29(27)33-28(34)22(16-32)15-24-23-11-7-5-9-20(23)13-14-26(24)37-17-21-10-6-8-12-25(21)31/h5-15H,4,17H2,1-3H3,(H,33,34)/b22-15+. The Kier molecular flexibility index (Phi) is 8.19. The molecule has 0 unspecified atom stereocenters. The Balaban J connectivity index is 1.72. The average molecular weight is 529 g/mol. The highest BCUT2D eigenvalue weighted by molar-refractivity contribution is 7.16. The van der Waals surface area contributed by atoms with Gasteiger partial charge in [0.05, 0.1) is 12.2 Å². The first-order valence-electron chi connectivity index (χ1n) is 11.9. The third kappa shape index (κ3) is 5.58. The zero-order chi connectivity index (χ0) is 27.2. The van der Waals surface area contributed by atoms with Crippen LogP contribution >= 0.6 is 11.3 Å². The lowest BCUT2D eigenvalue weighted by Gasteiger charge is -2.13. The number of fused-ring (bicyclic) bond motifs is 1. The quantitative estimate of drug-likeness (QED) is 0.152. The van der Waals surface area contributed by atoms with Gasteiger partial charge in [0.2, 0.25) is 0 Å². The van der Waals surface area contributed by atoms with Gasteiger partial charge in [-0.05, 0) is 55.3 Å². The van der Waals surface area contributed by atoms with E-state index in [1.165, 1.54) is 23.5 Å². The second kappa shape index (κ2) is 11.7. The predicted octanol–water partition coefficient (Wildman–Crippen LogP) is 6.96. The first-order chi connectivity index (χ1) is 18.3. The molecule has 4 aromatic rings. The van der Waals surface area contributed by atoms with Crippen molar-refractivity contribution in [3.63, 3.8) is 0 Å². The molecule has 1 aromatic heterocycles. The molecule has 4 rings (SSSR count). The topological polar surface area (TPSA) is 88.4 Å². The molecule has 0 fully saturated rings. The number of carbonyl (C=O) groups excluding carboxylic acids is 2. The van der Waals surface area contributed by atoms with Crippen LogP contribution < -0.4 is 10.1 Å². The van der Waals surface area contributed by atoms with Crippen LogP contribution in [0.1, 0.15) is 38.8 Å². The largest absolute Gasteiger partial charge is 0.488 e. The molecule has 1 heterocycles. The van der Waals surface area contributed by atoms with Gasteiger partial charge in [-0.1, -0.05) is 48.5 Å². The number of hydrogen-bond donors (Lipinski definition) is 1. The highest BCUT2D eigenvalue weighted by Gasteiger charge is 2.23. The number of ether oxygens (including phenoxy) is 2. The molecule has 0 saturated heterocycles. The van der Waals surface area contributed by atoms with Crippen LogP contribution in [0.15, 0.2) is 66.2 Å². The summed E-state index contributed by atoms with van der Waals surface area (Å²) in [7, 11) is 0. The Morgan fingerprint density at radius 3 is 2.55 bits per heavy atom. The van der Waals surface area contributed by atoms with Crippen LogP contribution in [0.2, 0.25) is 0 Å². The molecule has 0 aliphatic heterocycles. The summed E-state index contributed by atoms with van der Waals surface area (Å²) in [6.45, 7) is 5.49. The van der Waals surface area contributed by atoms with Crippen molar-refractivity contribution in [3.8, 4) is 11.8 Å². The minimum absolute atomic E-state index is 0.0312. The maximum absolute atomic E-state index is 14.2. The number of esters is 1. The summed E-state index contributed by atoms with van der Waals surface area (Å²) in [5, 5.41) is 14.6. The fourth-order valence-corrected chi connectivity index (χ4v) is 4.99. The van der Waals surface area contributed by atoms with Gasteiger partial charge in [-0.3, -0.25) is 4.79 Å². The van der Waals surface area contributed by atoms with Gasteiger partial charge in [-0.15, -0.1) is 11.3 Å². The van der Waals surface area contributed by atoms with E-state index in [0.29, 0.717) is 27.4 Å². The Morgan fingerprint density at radius 2 is 1.82 bits per heavy atom. The van der Waals surface area contributed by atoms with Gasteiger partial charge in [0.15, 0.2) is 0 Å². The van der Waals surface area contributed by atoms with E-state index in [1.54, 1.807) is 38.1 Å². The molecule has 0 aliphatic carbocycles. The summed E-state index contributed by atoms with van der Waals surface area (Å²) in [5.74, 6) is -1.21. The Morgan fingerprint density at radius 1 is 1.08 bits per heavy atom. The van der Waals surface area contributed by atoms with Crippen molar-refractivity contribution in [1.29, 1.82) is 5.26 Å². The van der Waals surface area contributed by atoms with Gasteiger partial charge in [0, 0.05) is 16.0 Å². The van der Waals surface area contributed by atoms with Crippen molar-refractivity contribution >= 4 is 45.1 Å². The number of nitrogens with zero attached hydrogens (tertiary/aromatic N) is 1. The molecule has 1 amide bonds. The van der Waals surface area contributed by atoms with E-state index in [2.05, 4.69) is 5.32 Å². The SMILES string of the molecule is CCOC(=O)c1c(NC(=O)/C(C#N)=C/c2c(OCc3ccccc3F)ccc3ccccc23)sc(C)c1C. The number of aryl methyl sites for hydroxylation is 1. The van der Waals surface area contributed by atoms with E-state index < -0.39 is 11.9 Å². The zero-order valence-corrected chi connectivity index (χ0v) is 21.9. The van der Waals surface area contributed by atoms with Crippen LogP contribution in [0, 0.1) is 31.0 Å². The van der Waals surface area contributed by atoms with Crippen molar-refractivity contribution in [2.45, 2.75) is 27.4 Å². The van der Waals surface area contributed by atoms with E-state index in [1.807, 2.05) is 43.3 Å². The lowest BCUT2D eigenvalue weighted by atomic mass is 10.0. The van der Waals surface area contributed by atoms with Gasteiger partial charge < -0.3 is 14.8 Å². The van der Waals surface area contributed by atoms with Crippen LogP contribution in [-0.4, -0.2) is 18.5 Å². The van der Waals surface area contributed by atoms with E-state index in [4.69, 9.17) is 9.47 Å². The molecule has 6 nitrogen and oxygen atoms in total. The number of halogens is 1. The van der Waals surface area contributed by atoms with Crippen LogP contribution in [0.5, 0.6) is 5.75 Å². The molecule has 0 aliphatic rings. The third-order valence-electron chi connectivity index (χ3n) is 6.02. The third-order valence-corrected chi connectivity index (χ3v) is 7.14. The van der Waals surface area contributed by atoms with Crippen LogP contribution in [0.25, 0.3) is 16.8 Å². The van der Waals surface area contributed by atoms with Crippen molar-refractivity contribution in [2.24, 2.45) is 0 Å². The summed E-state index contributed by atoms with van der Waals surface area (Å²) >= 11 is 1.24. The zero-order valence-electron chi connectivity index (χ0n) is 21.1. The maximum atomic E-state index is 14.2. The Hall–Kier alpha value is -4.48. The molecule has 0 radical (unpaired) electrons. The van der Waals surface area contributed by atoms with Crippen molar-refractivity contribution in [3.05, 3.63) is 99.2 Å². The van der Waals surface area contributed by atoms with Crippen LogP contribution in [-0.2, 0) is 16.1 Å². The average Bonchev–Trinajstić information content (AvgIpc) is 3.19. The van der Waals surface area contributed by atoms with Gasteiger partial charge in [0.1, 0.15) is 34.8 Å². The van der Waals surface area contributed by atoms with E-state index in [0.717, 1.165) is 15.6 Å². The number of nitrogens with one attached hydrogen (secondary N) is 1. The van der Waals surface area contributed by atoms with Gasteiger partial charge in [-0.2, -0.15) is 5.26 Å². The summed E-state index contributed by atoms with van der Waals surface area (Å²) in [6, 6.07) is 19.3. The van der Waals surface area contributed by atoms with E-state index >= 15 is 0 Å². The van der Waals surface area contributed by atoms with Gasteiger partial charge >= 0.3 is 5.97 Å². The van der Waals surface area contributed by atoms with Crippen molar-refractivity contribution < 1.29 is 23.5 Å². The smallest absolute Gasteiger partial charge is 0.341 e. The van der Waals surface area contributed by atoms with Crippen molar-refractivity contribution in [1.82, 2.24) is 0 Å². The highest BCUT2D eigenvalue weighted by atomic mass is 32.1. The number of carbonyl (C=O) groups is 2. The molecule has 38 heavy (non-hydrogen) atoms. The second-order valence-electron chi connectivity index (χ2n) is 8.41. The first-order valence-corrected chi connectivity index (χ1v) is 12.7. The molecular formula is C30H25FN2O4S. The minimum atomic E-state index is -0.674. The maximum Gasteiger partial charge on any atom is 0.341 e.